The first-order valence-electron chi connectivity index (χ1n) is 6.05. The van der Waals surface area contributed by atoms with E-state index in [2.05, 4.69) is 4.98 Å². The van der Waals surface area contributed by atoms with Gasteiger partial charge < -0.3 is 4.90 Å². The van der Waals surface area contributed by atoms with Gasteiger partial charge in [0.2, 0.25) is 5.95 Å². The number of rotatable bonds is 3. The van der Waals surface area contributed by atoms with E-state index in [1.807, 2.05) is 0 Å². The van der Waals surface area contributed by atoms with Gasteiger partial charge in [-0.25, -0.2) is 4.98 Å². The van der Waals surface area contributed by atoms with Gasteiger partial charge in [-0.15, -0.1) is 0 Å². The molecule has 1 fully saturated rings. The molecule has 3 nitrogen and oxygen atoms in total. The summed E-state index contributed by atoms with van der Waals surface area (Å²) in [6.45, 7) is 0.747. The molecule has 1 aliphatic carbocycles. The molecule has 0 N–H and O–H groups in total. The molecule has 1 saturated carbocycles. The summed E-state index contributed by atoms with van der Waals surface area (Å²) in [7, 11) is 1.76. The number of nitrogens with zero attached hydrogens (tertiary/aromatic N) is 2. The van der Waals surface area contributed by atoms with Crippen LogP contribution in [0.15, 0.2) is 18.2 Å². The van der Waals surface area contributed by atoms with Crippen molar-refractivity contribution in [3.8, 4) is 0 Å². The molecule has 1 heterocycles. The Hall–Kier alpha value is -1.45. The molecule has 17 heavy (non-hydrogen) atoms. The Bertz CT molecular complexity index is 402. The molecule has 0 aromatic carbocycles. The van der Waals surface area contributed by atoms with Gasteiger partial charge in [0.15, 0.2) is 0 Å². The van der Waals surface area contributed by atoms with Crippen LogP contribution in [0.4, 0.5) is 4.39 Å². The molecule has 1 aromatic heterocycles. The minimum Gasteiger partial charge on any atom is -0.340 e. The lowest BCUT2D eigenvalue weighted by molar-refractivity contribution is 0.0766. The Labute approximate surface area is 101 Å². The average Bonchev–Trinajstić information content (AvgIpc) is 2.80. The van der Waals surface area contributed by atoms with Crippen molar-refractivity contribution in [2.75, 3.05) is 13.6 Å². The van der Waals surface area contributed by atoms with E-state index < -0.39 is 5.95 Å². The van der Waals surface area contributed by atoms with Crippen LogP contribution < -0.4 is 0 Å². The maximum atomic E-state index is 12.9. The first-order chi connectivity index (χ1) is 8.16. The third-order valence-electron chi connectivity index (χ3n) is 3.29. The van der Waals surface area contributed by atoms with Crippen LogP contribution in [0, 0.1) is 11.9 Å². The Kier molecular flexibility index (Phi) is 3.71. The van der Waals surface area contributed by atoms with Crippen molar-refractivity contribution in [1.82, 2.24) is 9.88 Å². The molecule has 0 aliphatic heterocycles. The van der Waals surface area contributed by atoms with Gasteiger partial charge in [0.1, 0.15) is 5.69 Å². The highest BCUT2D eigenvalue weighted by molar-refractivity contribution is 5.92. The van der Waals surface area contributed by atoms with Crippen LogP contribution in [-0.4, -0.2) is 29.4 Å². The summed E-state index contributed by atoms with van der Waals surface area (Å²) in [4.78, 5) is 17.2. The first-order valence-corrected chi connectivity index (χ1v) is 6.05. The van der Waals surface area contributed by atoms with Gasteiger partial charge >= 0.3 is 0 Å². The van der Waals surface area contributed by atoms with E-state index in [1.165, 1.54) is 37.8 Å². The summed E-state index contributed by atoms with van der Waals surface area (Å²) >= 11 is 0. The fourth-order valence-corrected chi connectivity index (χ4v) is 2.39. The van der Waals surface area contributed by atoms with Crippen molar-refractivity contribution in [2.24, 2.45) is 5.92 Å². The van der Waals surface area contributed by atoms with Crippen molar-refractivity contribution in [2.45, 2.75) is 25.7 Å². The molecule has 0 atom stereocenters. The SMILES string of the molecule is CN(CC1CCCC1)C(=O)c1cccc(F)n1. The zero-order chi connectivity index (χ0) is 12.3. The quantitative estimate of drug-likeness (QED) is 0.755. The van der Waals surface area contributed by atoms with Crippen LogP contribution >= 0.6 is 0 Å². The third-order valence-corrected chi connectivity index (χ3v) is 3.29. The summed E-state index contributed by atoms with van der Waals surface area (Å²) in [5.41, 5.74) is 0.186. The number of carbonyl (C=O) groups excluding carboxylic acids is 1. The molecule has 0 bridgehead atoms. The van der Waals surface area contributed by atoms with Gasteiger partial charge in [-0.05, 0) is 30.9 Å². The van der Waals surface area contributed by atoms with E-state index in [0.29, 0.717) is 5.92 Å². The molecule has 4 heteroatoms. The zero-order valence-corrected chi connectivity index (χ0v) is 10.0. The van der Waals surface area contributed by atoms with E-state index in [9.17, 15) is 9.18 Å². The maximum Gasteiger partial charge on any atom is 0.272 e. The molecule has 0 saturated heterocycles. The summed E-state index contributed by atoms with van der Waals surface area (Å²) in [5, 5.41) is 0. The highest BCUT2D eigenvalue weighted by Crippen LogP contribution is 2.25. The lowest BCUT2D eigenvalue weighted by Crippen LogP contribution is -2.31. The van der Waals surface area contributed by atoms with Crippen LogP contribution in [0.5, 0.6) is 0 Å². The molecule has 1 aromatic rings. The lowest BCUT2D eigenvalue weighted by atomic mass is 10.1. The van der Waals surface area contributed by atoms with Crippen molar-refractivity contribution in [1.29, 1.82) is 0 Å². The van der Waals surface area contributed by atoms with Gasteiger partial charge in [-0.2, -0.15) is 4.39 Å². The van der Waals surface area contributed by atoms with E-state index in [0.717, 1.165) is 6.54 Å². The number of amides is 1. The number of hydrogen-bond acceptors (Lipinski definition) is 2. The van der Waals surface area contributed by atoms with Crippen LogP contribution in [0.1, 0.15) is 36.2 Å². The molecule has 2 rings (SSSR count). The average molecular weight is 236 g/mol. The molecular weight excluding hydrogens is 219 g/mol. The Morgan fingerprint density at radius 1 is 1.47 bits per heavy atom. The van der Waals surface area contributed by atoms with E-state index in [1.54, 1.807) is 18.0 Å². The number of hydrogen-bond donors (Lipinski definition) is 0. The van der Waals surface area contributed by atoms with Crippen molar-refractivity contribution >= 4 is 5.91 Å². The second-order valence-corrected chi connectivity index (χ2v) is 4.68. The highest BCUT2D eigenvalue weighted by atomic mass is 19.1. The normalized spacial score (nSPS) is 16.1. The maximum absolute atomic E-state index is 12.9. The molecule has 1 amide bonds. The summed E-state index contributed by atoms with van der Waals surface area (Å²) < 4.78 is 12.9. The van der Waals surface area contributed by atoms with Gasteiger partial charge in [-0.1, -0.05) is 18.9 Å². The molecule has 0 radical (unpaired) electrons. The predicted octanol–water partition coefficient (Wildman–Crippen LogP) is 2.48. The molecular formula is C13H17FN2O. The van der Waals surface area contributed by atoms with Gasteiger partial charge in [0.25, 0.3) is 5.91 Å². The smallest absolute Gasteiger partial charge is 0.272 e. The largest absolute Gasteiger partial charge is 0.340 e. The minimum absolute atomic E-state index is 0.186. The van der Waals surface area contributed by atoms with Gasteiger partial charge in [-0.3, -0.25) is 4.79 Å². The molecule has 92 valence electrons. The van der Waals surface area contributed by atoms with Crippen molar-refractivity contribution < 1.29 is 9.18 Å². The Balaban J connectivity index is 1.98. The fourth-order valence-electron chi connectivity index (χ4n) is 2.39. The van der Waals surface area contributed by atoms with Crippen molar-refractivity contribution in [3.63, 3.8) is 0 Å². The van der Waals surface area contributed by atoms with E-state index in [4.69, 9.17) is 0 Å². The van der Waals surface area contributed by atoms with Crippen LogP contribution in [-0.2, 0) is 0 Å². The zero-order valence-electron chi connectivity index (χ0n) is 10.0. The van der Waals surface area contributed by atoms with Crippen LogP contribution in [0.2, 0.25) is 0 Å². The summed E-state index contributed by atoms with van der Waals surface area (Å²) in [6, 6.07) is 4.31. The second-order valence-electron chi connectivity index (χ2n) is 4.68. The Morgan fingerprint density at radius 2 is 2.18 bits per heavy atom. The number of carbonyl (C=O) groups is 1. The second kappa shape index (κ2) is 5.25. The molecule has 0 spiro atoms. The van der Waals surface area contributed by atoms with Crippen LogP contribution in [0.25, 0.3) is 0 Å². The van der Waals surface area contributed by atoms with Crippen molar-refractivity contribution in [3.05, 3.63) is 29.8 Å². The minimum atomic E-state index is -0.606. The Morgan fingerprint density at radius 3 is 2.82 bits per heavy atom. The van der Waals surface area contributed by atoms with E-state index >= 15 is 0 Å². The third kappa shape index (κ3) is 3.02. The fraction of sp³-hybridized carbons (Fsp3) is 0.538. The topological polar surface area (TPSA) is 33.2 Å². The number of halogens is 1. The first kappa shape index (κ1) is 12.0. The van der Waals surface area contributed by atoms with Gasteiger partial charge in [0, 0.05) is 13.6 Å². The van der Waals surface area contributed by atoms with Crippen LogP contribution in [0.3, 0.4) is 0 Å². The number of aromatic nitrogens is 1. The monoisotopic (exact) mass is 236 g/mol. The molecule has 0 unspecified atom stereocenters. The van der Waals surface area contributed by atoms with E-state index in [-0.39, 0.29) is 11.6 Å². The molecule has 1 aliphatic rings. The summed E-state index contributed by atoms with van der Waals surface area (Å²) in [6.07, 6.45) is 4.89. The highest BCUT2D eigenvalue weighted by Gasteiger charge is 2.20. The number of pyridine rings is 1. The summed E-state index contributed by atoms with van der Waals surface area (Å²) in [5.74, 6) is -0.209. The lowest BCUT2D eigenvalue weighted by Gasteiger charge is -2.20. The van der Waals surface area contributed by atoms with Gasteiger partial charge in [0.05, 0.1) is 0 Å². The standard InChI is InChI=1S/C13H17FN2O/c1-16(9-10-5-2-3-6-10)13(17)11-7-4-8-12(14)15-11/h4,7-8,10H,2-3,5-6,9H2,1H3. The predicted molar refractivity (Wildman–Crippen MR) is 63.1 cm³/mol.